The van der Waals surface area contributed by atoms with Crippen molar-refractivity contribution in [3.05, 3.63) is 65.4 Å². The van der Waals surface area contributed by atoms with Crippen molar-refractivity contribution in [2.45, 2.75) is 12.8 Å². The fourth-order valence-electron chi connectivity index (χ4n) is 1.99. The first-order valence-corrected chi connectivity index (χ1v) is 6.19. The van der Waals surface area contributed by atoms with Crippen molar-refractivity contribution < 1.29 is 14.0 Å². The minimum Gasteiger partial charge on any atom is -0.361 e. The quantitative estimate of drug-likeness (QED) is 0.476. The lowest BCUT2D eigenvalue weighted by Gasteiger charge is -2.09. The molecule has 0 N–H and O–H groups in total. The average molecular weight is 268 g/mol. The number of carbonyl (C=O) groups excluding carboxylic acids is 1. The second-order valence-electron chi connectivity index (χ2n) is 4.47. The van der Waals surface area contributed by atoms with E-state index in [0.29, 0.717) is 11.1 Å². The summed E-state index contributed by atoms with van der Waals surface area (Å²) in [6.07, 6.45) is 0.827. The van der Waals surface area contributed by atoms with Gasteiger partial charge in [0.05, 0.1) is 5.92 Å². The van der Waals surface area contributed by atoms with Gasteiger partial charge in [0.1, 0.15) is 5.82 Å². The Bertz CT molecular complexity index is 676. The second kappa shape index (κ2) is 6.04. The molecule has 1 atom stereocenters. The first-order valence-electron chi connectivity index (χ1n) is 6.19. The Morgan fingerprint density at radius 2 is 1.95 bits per heavy atom. The van der Waals surface area contributed by atoms with Gasteiger partial charge in [-0.15, -0.1) is 0 Å². The number of carbonyl (C=O) groups is 1. The first-order chi connectivity index (χ1) is 9.63. The third kappa shape index (κ3) is 2.87. The average Bonchev–Trinajstić information content (AvgIpc) is 2.47. The standard InChI is InChI=1S/C16H13FN2O/c1-11(16(20)10-19-18)13-7-8-14(15(17)9-13)12-5-3-2-4-6-12/h2-11H,1H3. The number of nitrogens with zero attached hydrogens (tertiary/aromatic N) is 2. The van der Waals surface area contributed by atoms with Gasteiger partial charge >= 0.3 is 6.21 Å². The SMILES string of the molecule is CC(C(=O)C=[N+]=[N-])c1ccc(-c2ccccc2)c(F)c1. The van der Waals surface area contributed by atoms with E-state index >= 15 is 0 Å². The molecule has 0 saturated carbocycles. The van der Waals surface area contributed by atoms with E-state index in [0.717, 1.165) is 11.8 Å². The molecule has 0 amide bonds. The van der Waals surface area contributed by atoms with Crippen molar-refractivity contribution in [1.29, 1.82) is 0 Å². The molecule has 2 aromatic carbocycles. The topological polar surface area (TPSA) is 53.5 Å². The molecule has 100 valence electrons. The largest absolute Gasteiger partial charge is 0.361 e. The van der Waals surface area contributed by atoms with Crippen molar-refractivity contribution in [3.8, 4) is 11.1 Å². The molecule has 0 radical (unpaired) electrons. The maximum Gasteiger partial charge on any atom is 0.323 e. The summed E-state index contributed by atoms with van der Waals surface area (Å²) in [5, 5.41) is 0. The highest BCUT2D eigenvalue weighted by Gasteiger charge is 2.18. The Balaban J connectivity index is 2.35. The number of hydrogen-bond donors (Lipinski definition) is 0. The van der Waals surface area contributed by atoms with Crippen molar-refractivity contribution >= 4 is 12.0 Å². The Kier molecular flexibility index (Phi) is 4.18. The van der Waals surface area contributed by atoms with Gasteiger partial charge in [0.15, 0.2) is 0 Å². The van der Waals surface area contributed by atoms with Crippen LogP contribution in [0.2, 0.25) is 0 Å². The predicted molar refractivity (Wildman–Crippen MR) is 74.9 cm³/mol. The van der Waals surface area contributed by atoms with Gasteiger partial charge in [-0.1, -0.05) is 49.4 Å². The molecule has 0 bridgehead atoms. The van der Waals surface area contributed by atoms with Crippen LogP contribution in [0.5, 0.6) is 0 Å². The number of Topliss-reactive ketones (excluding diaryl/α,β-unsaturated/α-hetero) is 1. The lowest BCUT2D eigenvalue weighted by atomic mass is 9.94. The first kappa shape index (κ1) is 13.8. The minimum atomic E-state index is -0.551. The van der Waals surface area contributed by atoms with Crippen molar-refractivity contribution in [2.75, 3.05) is 0 Å². The van der Waals surface area contributed by atoms with E-state index in [9.17, 15) is 9.18 Å². The molecule has 0 heterocycles. The highest BCUT2D eigenvalue weighted by atomic mass is 19.1. The molecule has 3 nitrogen and oxygen atoms in total. The van der Waals surface area contributed by atoms with Crippen LogP contribution in [0.4, 0.5) is 4.39 Å². The van der Waals surface area contributed by atoms with Crippen LogP contribution >= 0.6 is 0 Å². The van der Waals surface area contributed by atoms with Crippen LogP contribution in [0.3, 0.4) is 0 Å². The highest BCUT2D eigenvalue weighted by molar-refractivity contribution is 6.27. The zero-order chi connectivity index (χ0) is 14.5. The van der Waals surface area contributed by atoms with E-state index in [2.05, 4.69) is 4.79 Å². The molecular weight excluding hydrogens is 255 g/mol. The zero-order valence-corrected chi connectivity index (χ0v) is 11.0. The van der Waals surface area contributed by atoms with Crippen LogP contribution in [0.25, 0.3) is 16.7 Å². The second-order valence-corrected chi connectivity index (χ2v) is 4.47. The van der Waals surface area contributed by atoms with Crippen LogP contribution in [-0.2, 0) is 4.79 Å². The molecule has 2 aromatic rings. The smallest absolute Gasteiger partial charge is 0.323 e. The van der Waals surface area contributed by atoms with Crippen LogP contribution in [0.1, 0.15) is 18.4 Å². The molecule has 0 fully saturated rings. The summed E-state index contributed by atoms with van der Waals surface area (Å²) in [6, 6.07) is 13.9. The minimum absolute atomic E-state index is 0.376. The van der Waals surface area contributed by atoms with E-state index in [1.54, 1.807) is 19.1 Å². The van der Waals surface area contributed by atoms with Gasteiger partial charge in [-0.2, -0.15) is 4.79 Å². The summed E-state index contributed by atoms with van der Waals surface area (Å²) in [5.74, 6) is -1.31. The number of ketones is 1. The summed E-state index contributed by atoms with van der Waals surface area (Å²) in [5.41, 5.74) is 10.2. The van der Waals surface area contributed by atoms with E-state index in [1.807, 2.05) is 30.3 Å². The van der Waals surface area contributed by atoms with Crippen LogP contribution in [-0.4, -0.2) is 16.8 Å². The molecule has 0 aromatic heterocycles. The number of halogens is 1. The van der Waals surface area contributed by atoms with Gasteiger partial charge in [-0.25, -0.2) is 4.39 Å². The Morgan fingerprint density at radius 1 is 1.25 bits per heavy atom. The third-order valence-electron chi connectivity index (χ3n) is 3.19. The van der Waals surface area contributed by atoms with Crippen LogP contribution in [0.15, 0.2) is 48.5 Å². The molecule has 0 spiro atoms. The maximum atomic E-state index is 14.2. The third-order valence-corrected chi connectivity index (χ3v) is 3.19. The molecule has 0 aliphatic carbocycles. The molecule has 0 aliphatic rings. The van der Waals surface area contributed by atoms with Gasteiger partial charge in [0.25, 0.3) is 0 Å². The van der Waals surface area contributed by atoms with Gasteiger partial charge in [0.2, 0.25) is 5.78 Å². The highest BCUT2D eigenvalue weighted by Crippen LogP contribution is 2.26. The summed E-state index contributed by atoms with van der Waals surface area (Å²) in [6.45, 7) is 1.64. The fourth-order valence-corrected chi connectivity index (χ4v) is 1.99. The van der Waals surface area contributed by atoms with Gasteiger partial charge in [0, 0.05) is 5.56 Å². The van der Waals surface area contributed by atoms with Gasteiger partial charge < -0.3 is 5.53 Å². The molecule has 4 heteroatoms. The number of hydrogen-bond acceptors (Lipinski definition) is 1. The van der Waals surface area contributed by atoms with Gasteiger partial charge in [-0.05, 0) is 17.2 Å². The summed E-state index contributed by atoms with van der Waals surface area (Å²) >= 11 is 0. The molecule has 1 unspecified atom stereocenters. The van der Waals surface area contributed by atoms with E-state index in [4.69, 9.17) is 5.53 Å². The van der Waals surface area contributed by atoms with Crippen LogP contribution < -0.4 is 0 Å². The molecular formula is C16H13FN2O. The van der Waals surface area contributed by atoms with E-state index in [-0.39, 0.29) is 11.6 Å². The summed E-state index contributed by atoms with van der Waals surface area (Å²) < 4.78 is 14.2. The lowest BCUT2D eigenvalue weighted by molar-refractivity contribution is -0.117. The monoisotopic (exact) mass is 268 g/mol. The van der Waals surface area contributed by atoms with E-state index < -0.39 is 5.92 Å². The van der Waals surface area contributed by atoms with Gasteiger partial charge in [-0.3, -0.25) is 4.79 Å². The lowest BCUT2D eigenvalue weighted by Crippen LogP contribution is -2.11. The van der Waals surface area contributed by atoms with Crippen molar-refractivity contribution in [2.24, 2.45) is 0 Å². The van der Waals surface area contributed by atoms with Crippen molar-refractivity contribution in [3.63, 3.8) is 0 Å². The summed E-state index contributed by atoms with van der Waals surface area (Å²) in [4.78, 5) is 14.3. The number of benzene rings is 2. The van der Waals surface area contributed by atoms with Crippen molar-refractivity contribution in [1.82, 2.24) is 0 Å². The normalized spacial score (nSPS) is 11.5. The predicted octanol–water partition coefficient (Wildman–Crippen LogP) is 3.47. The van der Waals surface area contributed by atoms with Crippen LogP contribution in [0, 0.1) is 5.82 Å². The Morgan fingerprint density at radius 3 is 2.55 bits per heavy atom. The van der Waals surface area contributed by atoms with E-state index in [1.165, 1.54) is 6.07 Å². The molecule has 20 heavy (non-hydrogen) atoms. The number of rotatable bonds is 4. The Hall–Kier alpha value is -2.58. The zero-order valence-electron chi connectivity index (χ0n) is 11.0. The molecule has 2 rings (SSSR count). The Labute approximate surface area is 116 Å². The molecule has 0 aliphatic heterocycles. The maximum absolute atomic E-state index is 14.2. The fraction of sp³-hybridized carbons (Fsp3) is 0.125. The summed E-state index contributed by atoms with van der Waals surface area (Å²) in [7, 11) is 0. The molecule has 0 saturated heterocycles.